The molecule has 0 bridgehead atoms. The van der Waals surface area contributed by atoms with Gasteiger partial charge >= 0.3 is 0 Å². The second kappa shape index (κ2) is 7.10. The standard InChI is InChI=1S/C16H16BrNO2/c1-12-5-7-13(8-6-12)10-18-16(19)11-20-15-4-2-3-14(17)9-15/h2-9H,10-11H2,1H3,(H,18,19). The molecule has 3 nitrogen and oxygen atoms in total. The predicted molar refractivity (Wildman–Crippen MR) is 82.7 cm³/mol. The zero-order valence-electron chi connectivity index (χ0n) is 11.2. The maximum absolute atomic E-state index is 11.7. The van der Waals surface area contributed by atoms with E-state index in [4.69, 9.17) is 4.74 Å². The zero-order valence-corrected chi connectivity index (χ0v) is 12.8. The number of amides is 1. The molecule has 0 saturated carbocycles. The van der Waals surface area contributed by atoms with Crippen LogP contribution >= 0.6 is 15.9 Å². The minimum atomic E-state index is -0.134. The Morgan fingerprint density at radius 2 is 1.95 bits per heavy atom. The van der Waals surface area contributed by atoms with Gasteiger partial charge in [0.15, 0.2) is 6.61 Å². The van der Waals surface area contributed by atoms with Crippen molar-refractivity contribution in [2.75, 3.05) is 6.61 Å². The van der Waals surface area contributed by atoms with Gasteiger partial charge in [0.1, 0.15) is 5.75 Å². The van der Waals surface area contributed by atoms with Crippen molar-refractivity contribution in [3.05, 3.63) is 64.1 Å². The van der Waals surface area contributed by atoms with E-state index in [1.807, 2.05) is 55.5 Å². The number of hydrogen-bond acceptors (Lipinski definition) is 2. The van der Waals surface area contributed by atoms with Crippen molar-refractivity contribution in [2.24, 2.45) is 0 Å². The summed E-state index contributed by atoms with van der Waals surface area (Å²) in [5.41, 5.74) is 2.28. The summed E-state index contributed by atoms with van der Waals surface area (Å²) in [7, 11) is 0. The molecule has 4 heteroatoms. The summed E-state index contributed by atoms with van der Waals surface area (Å²) in [6, 6.07) is 15.5. The Balaban J connectivity index is 1.77. The van der Waals surface area contributed by atoms with Crippen LogP contribution in [0.2, 0.25) is 0 Å². The van der Waals surface area contributed by atoms with Crippen molar-refractivity contribution in [2.45, 2.75) is 13.5 Å². The fourth-order valence-electron chi connectivity index (χ4n) is 1.66. The first-order valence-electron chi connectivity index (χ1n) is 6.34. The molecule has 0 spiro atoms. The van der Waals surface area contributed by atoms with E-state index in [1.165, 1.54) is 5.56 Å². The van der Waals surface area contributed by atoms with Crippen molar-refractivity contribution >= 4 is 21.8 Å². The Bertz CT molecular complexity index is 581. The van der Waals surface area contributed by atoms with Crippen LogP contribution in [0, 0.1) is 6.92 Å². The van der Waals surface area contributed by atoms with Crippen LogP contribution in [0.25, 0.3) is 0 Å². The Hall–Kier alpha value is -1.81. The quantitative estimate of drug-likeness (QED) is 0.910. The van der Waals surface area contributed by atoms with Crippen molar-refractivity contribution in [1.29, 1.82) is 0 Å². The summed E-state index contributed by atoms with van der Waals surface area (Å²) >= 11 is 3.36. The highest BCUT2D eigenvalue weighted by Crippen LogP contribution is 2.17. The molecule has 0 heterocycles. The molecule has 0 saturated heterocycles. The Labute approximate surface area is 127 Å². The van der Waals surface area contributed by atoms with E-state index >= 15 is 0 Å². The first-order chi connectivity index (χ1) is 9.63. The highest BCUT2D eigenvalue weighted by atomic mass is 79.9. The number of nitrogens with one attached hydrogen (secondary N) is 1. The maximum Gasteiger partial charge on any atom is 0.258 e. The second-order valence-electron chi connectivity index (χ2n) is 4.51. The van der Waals surface area contributed by atoms with E-state index in [1.54, 1.807) is 0 Å². The van der Waals surface area contributed by atoms with Crippen LogP contribution in [0.4, 0.5) is 0 Å². The summed E-state index contributed by atoms with van der Waals surface area (Å²) in [6.45, 7) is 2.57. The van der Waals surface area contributed by atoms with E-state index in [0.29, 0.717) is 12.3 Å². The molecule has 1 N–H and O–H groups in total. The highest BCUT2D eigenvalue weighted by molar-refractivity contribution is 9.10. The molecule has 0 aliphatic rings. The monoisotopic (exact) mass is 333 g/mol. The SMILES string of the molecule is Cc1ccc(CNC(=O)COc2cccc(Br)c2)cc1. The van der Waals surface area contributed by atoms with Crippen molar-refractivity contribution in [3.63, 3.8) is 0 Å². The van der Waals surface area contributed by atoms with Crippen LogP contribution in [0.5, 0.6) is 5.75 Å². The Kier molecular flexibility index (Phi) is 5.18. The van der Waals surface area contributed by atoms with Crippen LogP contribution in [0.15, 0.2) is 53.0 Å². The number of carbonyl (C=O) groups excluding carboxylic acids is 1. The number of hydrogen-bond donors (Lipinski definition) is 1. The van der Waals surface area contributed by atoms with Gasteiger partial charge in [-0.05, 0) is 30.7 Å². The molecule has 2 rings (SSSR count). The van der Waals surface area contributed by atoms with Gasteiger partial charge < -0.3 is 10.1 Å². The Morgan fingerprint density at radius 1 is 1.20 bits per heavy atom. The molecule has 2 aromatic carbocycles. The molecule has 0 fully saturated rings. The van der Waals surface area contributed by atoms with Crippen LogP contribution in [0.1, 0.15) is 11.1 Å². The molecule has 20 heavy (non-hydrogen) atoms. The lowest BCUT2D eigenvalue weighted by molar-refractivity contribution is -0.123. The third kappa shape index (κ3) is 4.70. The number of carbonyl (C=O) groups is 1. The van der Waals surface area contributed by atoms with Gasteiger partial charge in [-0.2, -0.15) is 0 Å². The maximum atomic E-state index is 11.7. The molecule has 0 radical (unpaired) electrons. The van der Waals surface area contributed by atoms with Gasteiger partial charge in [0.25, 0.3) is 5.91 Å². The molecule has 0 unspecified atom stereocenters. The van der Waals surface area contributed by atoms with Crippen molar-refractivity contribution < 1.29 is 9.53 Å². The van der Waals surface area contributed by atoms with Gasteiger partial charge in [0, 0.05) is 11.0 Å². The van der Waals surface area contributed by atoms with Gasteiger partial charge in [-0.25, -0.2) is 0 Å². The number of rotatable bonds is 5. The van der Waals surface area contributed by atoms with Crippen LogP contribution in [0.3, 0.4) is 0 Å². The lowest BCUT2D eigenvalue weighted by atomic mass is 10.1. The van der Waals surface area contributed by atoms with Crippen molar-refractivity contribution in [1.82, 2.24) is 5.32 Å². The van der Waals surface area contributed by atoms with Gasteiger partial charge in [-0.1, -0.05) is 51.8 Å². The summed E-state index contributed by atoms with van der Waals surface area (Å²) in [5.74, 6) is 0.537. The molecule has 1 amide bonds. The number of halogens is 1. The molecule has 2 aromatic rings. The number of benzene rings is 2. The predicted octanol–water partition coefficient (Wildman–Crippen LogP) is 3.45. The average molecular weight is 334 g/mol. The molecule has 0 aliphatic carbocycles. The first-order valence-corrected chi connectivity index (χ1v) is 7.13. The second-order valence-corrected chi connectivity index (χ2v) is 5.42. The van der Waals surface area contributed by atoms with E-state index < -0.39 is 0 Å². The van der Waals surface area contributed by atoms with Gasteiger partial charge in [-0.3, -0.25) is 4.79 Å². The largest absolute Gasteiger partial charge is 0.484 e. The molecule has 0 atom stereocenters. The van der Waals surface area contributed by atoms with Crippen LogP contribution in [-0.2, 0) is 11.3 Å². The summed E-state index contributed by atoms with van der Waals surface area (Å²) in [5, 5.41) is 2.83. The first kappa shape index (κ1) is 14.6. The van der Waals surface area contributed by atoms with E-state index in [0.717, 1.165) is 10.0 Å². The summed E-state index contributed by atoms with van der Waals surface area (Å²) < 4.78 is 6.34. The lowest BCUT2D eigenvalue weighted by Crippen LogP contribution is -2.28. The minimum absolute atomic E-state index is 0.0162. The van der Waals surface area contributed by atoms with Gasteiger partial charge in [0.05, 0.1) is 0 Å². The smallest absolute Gasteiger partial charge is 0.258 e. The molecular weight excluding hydrogens is 318 g/mol. The number of aryl methyl sites for hydroxylation is 1. The number of ether oxygens (including phenoxy) is 1. The third-order valence-corrected chi connectivity index (χ3v) is 3.27. The Morgan fingerprint density at radius 3 is 2.65 bits per heavy atom. The normalized spacial score (nSPS) is 10.1. The van der Waals surface area contributed by atoms with E-state index in [9.17, 15) is 4.79 Å². The third-order valence-electron chi connectivity index (χ3n) is 2.78. The highest BCUT2D eigenvalue weighted by Gasteiger charge is 2.03. The summed E-state index contributed by atoms with van der Waals surface area (Å²) in [6.07, 6.45) is 0. The fraction of sp³-hybridized carbons (Fsp3) is 0.188. The van der Waals surface area contributed by atoms with Gasteiger partial charge in [-0.15, -0.1) is 0 Å². The van der Waals surface area contributed by atoms with E-state index in [-0.39, 0.29) is 12.5 Å². The van der Waals surface area contributed by atoms with Gasteiger partial charge in [0.2, 0.25) is 0 Å². The van der Waals surface area contributed by atoms with Crippen molar-refractivity contribution in [3.8, 4) is 5.75 Å². The van der Waals surface area contributed by atoms with Crippen LogP contribution < -0.4 is 10.1 Å². The molecule has 0 aromatic heterocycles. The zero-order chi connectivity index (χ0) is 14.4. The topological polar surface area (TPSA) is 38.3 Å². The minimum Gasteiger partial charge on any atom is -0.484 e. The average Bonchev–Trinajstić information content (AvgIpc) is 2.45. The molecule has 0 aliphatic heterocycles. The van der Waals surface area contributed by atoms with E-state index in [2.05, 4.69) is 21.2 Å². The lowest BCUT2D eigenvalue weighted by Gasteiger charge is -2.08. The van der Waals surface area contributed by atoms with Crippen LogP contribution in [-0.4, -0.2) is 12.5 Å². The molecular formula is C16H16BrNO2. The molecule has 104 valence electrons. The fourth-order valence-corrected chi connectivity index (χ4v) is 2.04. The summed E-state index contributed by atoms with van der Waals surface area (Å²) in [4.78, 5) is 11.7.